The molecule has 1 atom stereocenters. The molecule has 2 aromatic rings. The molecule has 3 N–H and O–H groups in total. The maximum atomic E-state index is 12.8. The van der Waals surface area contributed by atoms with Gasteiger partial charge in [0.25, 0.3) is 0 Å². The second-order valence-corrected chi connectivity index (χ2v) is 8.54. The molecule has 0 aliphatic carbocycles. The first-order chi connectivity index (χ1) is 15.7. The van der Waals surface area contributed by atoms with Gasteiger partial charge in [-0.2, -0.15) is 0 Å². The summed E-state index contributed by atoms with van der Waals surface area (Å²) in [6.07, 6.45) is 0.661. The number of benzene rings is 2. The zero-order chi connectivity index (χ0) is 24.1. The van der Waals surface area contributed by atoms with Crippen LogP contribution in [0.1, 0.15) is 44.9 Å². The number of hydrogen-bond acceptors (Lipinski definition) is 4. The number of carbonyl (C=O) groups is 2. The van der Waals surface area contributed by atoms with E-state index in [2.05, 4.69) is 22.9 Å². The summed E-state index contributed by atoms with van der Waals surface area (Å²) < 4.78 is 5.47. The predicted octanol–water partition coefficient (Wildman–Crippen LogP) is 4.98. The molecule has 0 saturated carbocycles. The number of aryl methyl sites for hydroxylation is 1. The van der Waals surface area contributed by atoms with Gasteiger partial charge in [-0.25, -0.2) is 9.59 Å². The third-order valence-corrected chi connectivity index (χ3v) is 5.80. The highest BCUT2D eigenvalue weighted by Crippen LogP contribution is 2.31. The van der Waals surface area contributed by atoms with Crippen molar-refractivity contribution in [2.45, 2.75) is 46.3 Å². The lowest BCUT2D eigenvalue weighted by molar-refractivity contribution is -0.143. The number of nitrogens with zero attached hydrogens (tertiary/aromatic N) is 1. The molecule has 0 bridgehead atoms. The summed E-state index contributed by atoms with van der Waals surface area (Å²) in [5, 5.41) is 9.42. The smallest absolute Gasteiger partial charge is 0.338 e. The number of urea groups is 1. The van der Waals surface area contributed by atoms with Gasteiger partial charge in [-0.15, -0.1) is 0 Å². The molecule has 0 saturated heterocycles. The van der Waals surface area contributed by atoms with Crippen LogP contribution < -0.4 is 16.0 Å². The zero-order valence-electron chi connectivity index (χ0n) is 19.6. The Labute approximate surface area is 200 Å². The molecule has 174 valence electrons. The van der Waals surface area contributed by atoms with Crippen LogP contribution in [-0.2, 0) is 16.0 Å². The standard InChI is InChI=1S/C25H30N4O3S/c1-6-17-8-7-9-20(14-17)27-24(31)26-19-12-10-18(11-13-19)22-21(23(30)32-15(2)3)16(4)29(5)25(33)28-22/h7-15,22H,6H2,1-5H3,(H,28,33)(H2,26,27,31). The van der Waals surface area contributed by atoms with Crippen LogP contribution in [0.3, 0.4) is 0 Å². The van der Waals surface area contributed by atoms with Crippen LogP contribution in [-0.4, -0.2) is 35.2 Å². The fraction of sp³-hybridized carbons (Fsp3) is 0.320. The van der Waals surface area contributed by atoms with Crippen LogP contribution in [0.5, 0.6) is 0 Å². The van der Waals surface area contributed by atoms with Gasteiger partial charge < -0.3 is 25.6 Å². The summed E-state index contributed by atoms with van der Waals surface area (Å²) in [4.78, 5) is 27.0. The molecular weight excluding hydrogens is 436 g/mol. The molecule has 2 amide bonds. The van der Waals surface area contributed by atoms with Crippen molar-refractivity contribution in [3.63, 3.8) is 0 Å². The molecule has 0 fully saturated rings. The molecule has 33 heavy (non-hydrogen) atoms. The maximum absolute atomic E-state index is 12.8. The van der Waals surface area contributed by atoms with E-state index < -0.39 is 6.04 Å². The molecule has 1 heterocycles. The average molecular weight is 467 g/mol. The first-order valence-corrected chi connectivity index (χ1v) is 11.3. The van der Waals surface area contributed by atoms with Crippen LogP contribution in [0.15, 0.2) is 59.8 Å². The van der Waals surface area contributed by atoms with Gasteiger partial charge in [-0.05, 0) is 74.8 Å². The topological polar surface area (TPSA) is 82.7 Å². The van der Waals surface area contributed by atoms with E-state index in [0.717, 1.165) is 28.9 Å². The third-order valence-electron chi connectivity index (χ3n) is 5.41. The van der Waals surface area contributed by atoms with Crippen molar-refractivity contribution in [2.24, 2.45) is 0 Å². The third kappa shape index (κ3) is 5.90. The van der Waals surface area contributed by atoms with E-state index in [1.807, 2.05) is 64.2 Å². The lowest BCUT2D eigenvalue weighted by Gasteiger charge is -2.35. The first kappa shape index (κ1) is 24.3. The molecular formula is C25H30N4O3S. The average Bonchev–Trinajstić information content (AvgIpc) is 2.77. The number of nitrogens with one attached hydrogen (secondary N) is 3. The molecule has 0 aromatic heterocycles. The van der Waals surface area contributed by atoms with E-state index in [0.29, 0.717) is 16.4 Å². The van der Waals surface area contributed by atoms with Crippen LogP contribution in [0.4, 0.5) is 16.2 Å². The summed E-state index contributed by atoms with van der Waals surface area (Å²) in [6.45, 7) is 7.55. The second kappa shape index (κ2) is 10.5. The highest BCUT2D eigenvalue weighted by atomic mass is 32.1. The molecule has 0 spiro atoms. The van der Waals surface area contributed by atoms with E-state index in [4.69, 9.17) is 17.0 Å². The molecule has 1 aliphatic rings. The van der Waals surface area contributed by atoms with Crippen molar-refractivity contribution >= 4 is 40.7 Å². The van der Waals surface area contributed by atoms with Gasteiger partial charge in [0.1, 0.15) is 0 Å². The predicted molar refractivity (Wildman–Crippen MR) is 135 cm³/mol. The molecule has 2 aromatic carbocycles. The number of hydrogen-bond donors (Lipinski definition) is 3. The lowest BCUT2D eigenvalue weighted by Crippen LogP contribution is -2.46. The second-order valence-electron chi connectivity index (χ2n) is 8.15. The SMILES string of the molecule is CCc1cccc(NC(=O)Nc2ccc(C3NC(=S)N(C)C(C)=C3C(=O)OC(C)C)cc2)c1. The van der Waals surface area contributed by atoms with E-state index in [-0.39, 0.29) is 18.1 Å². The van der Waals surface area contributed by atoms with Crippen molar-refractivity contribution in [1.82, 2.24) is 10.2 Å². The molecule has 3 rings (SSSR count). The number of esters is 1. The highest BCUT2D eigenvalue weighted by molar-refractivity contribution is 7.80. The van der Waals surface area contributed by atoms with Gasteiger partial charge in [0.2, 0.25) is 0 Å². The van der Waals surface area contributed by atoms with Crippen LogP contribution in [0, 0.1) is 0 Å². The van der Waals surface area contributed by atoms with Crippen LogP contribution in [0.25, 0.3) is 0 Å². The molecule has 7 nitrogen and oxygen atoms in total. The molecule has 1 unspecified atom stereocenters. The summed E-state index contributed by atoms with van der Waals surface area (Å²) >= 11 is 5.44. The van der Waals surface area contributed by atoms with Gasteiger partial charge in [0.05, 0.1) is 17.7 Å². The fourth-order valence-electron chi connectivity index (χ4n) is 3.55. The quantitative estimate of drug-likeness (QED) is 0.411. The minimum Gasteiger partial charge on any atom is -0.459 e. The van der Waals surface area contributed by atoms with E-state index in [1.54, 1.807) is 17.0 Å². The van der Waals surface area contributed by atoms with Crippen molar-refractivity contribution in [2.75, 3.05) is 17.7 Å². The van der Waals surface area contributed by atoms with Gasteiger partial charge in [0.15, 0.2) is 5.11 Å². The summed E-state index contributed by atoms with van der Waals surface area (Å²) in [5.41, 5.74) is 4.60. The van der Waals surface area contributed by atoms with E-state index >= 15 is 0 Å². The number of thiocarbonyl (C=S) groups is 1. The fourth-order valence-corrected chi connectivity index (χ4v) is 3.80. The highest BCUT2D eigenvalue weighted by Gasteiger charge is 2.33. The minimum atomic E-state index is -0.445. The number of allylic oxidation sites excluding steroid dienone is 1. The Balaban J connectivity index is 1.76. The summed E-state index contributed by atoms with van der Waals surface area (Å²) in [5.74, 6) is -0.384. The number of carbonyl (C=O) groups excluding carboxylic acids is 2. The minimum absolute atomic E-state index is 0.235. The van der Waals surface area contributed by atoms with Crippen LogP contribution in [0.2, 0.25) is 0 Å². The monoisotopic (exact) mass is 466 g/mol. The van der Waals surface area contributed by atoms with Crippen molar-refractivity contribution in [3.05, 3.63) is 70.9 Å². The number of rotatable bonds is 6. The summed E-state index contributed by atoms with van der Waals surface area (Å²) in [6, 6.07) is 14.3. The Hall–Kier alpha value is -3.39. The molecule has 8 heteroatoms. The Morgan fingerprint density at radius 2 is 1.79 bits per heavy atom. The normalized spacial score (nSPS) is 15.9. The molecule has 1 aliphatic heterocycles. The first-order valence-electron chi connectivity index (χ1n) is 10.9. The van der Waals surface area contributed by atoms with Crippen LogP contribution >= 0.6 is 12.2 Å². The van der Waals surface area contributed by atoms with Crippen molar-refractivity contribution in [1.29, 1.82) is 0 Å². The Morgan fingerprint density at radius 1 is 1.12 bits per heavy atom. The number of amides is 2. The number of anilines is 2. The van der Waals surface area contributed by atoms with E-state index in [9.17, 15) is 9.59 Å². The Bertz CT molecular complexity index is 1080. The van der Waals surface area contributed by atoms with Crippen molar-refractivity contribution < 1.29 is 14.3 Å². The maximum Gasteiger partial charge on any atom is 0.338 e. The number of ether oxygens (including phenoxy) is 1. The largest absolute Gasteiger partial charge is 0.459 e. The van der Waals surface area contributed by atoms with Gasteiger partial charge >= 0.3 is 12.0 Å². The lowest BCUT2D eigenvalue weighted by atomic mass is 9.95. The van der Waals surface area contributed by atoms with Gasteiger partial charge in [-0.1, -0.05) is 31.2 Å². The summed E-state index contributed by atoms with van der Waals surface area (Å²) in [7, 11) is 1.81. The Morgan fingerprint density at radius 3 is 2.42 bits per heavy atom. The van der Waals surface area contributed by atoms with Gasteiger partial charge in [-0.3, -0.25) is 0 Å². The van der Waals surface area contributed by atoms with Crippen molar-refractivity contribution in [3.8, 4) is 0 Å². The molecule has 0 radical (unpaired) electrons. The van der Waals surface area contributed by atoms with Gasteiger partial charge in [0, 0.05) is 24.1 Å². The van der Waals surface area contributed by atoms with E-state index in [1.165, 1.54) is 0 Å². The zero-order valence-corrected chi connectivity index (χ0v) is 20.4. The Kier molecular flexibility index (Phi) is 7.71.